The van der Waals surface area contributed by atoms with E-state index in [0.717, 1.165) is 0 Å². The van der Waals surface area contributed by atoms with Gasteiger partial charge in [-0.3, -0.25) is 9.69 Å². The van der Waals surface area contributed by atoms with Crippen LogP contribution in [0.5, 0.6) is 0 Å². The van der Waals surface area contributed by atoms with Crippen LogP contribution in [0.3, 0.4) is 0 Å². The number of hydrogen-bond donors (Lipinski definition) is 1. The maximum atomic E-state index is 12.0. The zero-order valence-corrected chi connectivity index (χ0v) is 7.83. The summed E-state index contributed by atoms with van der Waals surface area (Å²) >= 11 is 0. The topological polar surface area (TPSA) is 40.5 Å². The van der Waals surface area contributed by atoms with Crippen molar-refractivity contribution in [3.05, 3.63) is 0 Å². The molecule has 78 valence electrons. The van der Waals surface area contributed by atoms with Crippen molar-refractivity contribution in [1.82, 2.24) is 4.90 Å². The maximum Gasteiger partial charge on any atom is 0.304 e. The third-order valence-electron chi connectivity index (χ3n) is 1.87. The molecule has 5 heteroatoms. The van der Waals surface area contributed by atoms with Gasteiger partial charge in [-0.1, -0.05) is 6.92 Å². The number of nitrogens with zero attached hydrogens (tertiary/aromatic N) is 1. The Labute approximate surface area is 76.3 Å². The van der Waals surface area contributed by atoms with Crippen LogP contribution < -0.4 is 0 Å². The molecule has 0 amide bonds. The fourth-order valence-corrected chi connectivity index (χ4v) is 1.18. The van der Waals surface area contributed by atoms with Crippen LogP contribution in [0.1, 0.15) is 20.3 Å². The van der Waals surface area contributed by atoms with Crippen LogP contribution in [0.15, 0.2) is 0 Å². The number of aliphatic carboxylic acids is 1. The summed E-state index contributed by atoms with van der Waals surface area (Å²) in [6.45, 7) is 3.46. The normalized spacial score (nSPS) is 13.7. The Morgan fingerprint density at radius 2 is 2.08 bits per heavy atom. The lowest BCUT2D eigenvalue weighted by Gasteiger charge is -2.25. The first-order valence-electron chi connectivity index (χ1n) is 4.21. The number of carboxylic acid groups (broad SMARTS) is 1. The van der Waals surface area contributed by atoms with Crippen LogP contribution in [0.25, 0.3) is 0 Å². The Morgan fingerprint density at radius 1 is 1.54 bits per heavy atom. The highest BCUT2D eigenvalue weighted by Crippen LogP contribution is 2.06. The fraction of sp³-hybridized carbons (Fsp3) is 0.875. The van der Waals surface area contributed by atoms with Gasteiger partial charge >= 0.3 is 5.97 Å². The van der Waals surface area contributed by atoms with Crippen LogP contribution >= 0.6 is 0 Å². The molecule has 0 saturated heterocycles. The molecule has 0 rings (SSSR count). The quantitative estimate of drug-likeness (QED) is 0.697. The van der Waals surface area contributed by atoms with Crippen molar-refractivity contribution >= 4 is 5.97 Å². The molecule has 1 atom stereocenters. The first-order chi connectivity index (χ1) is 5.97. The Morgan fingerprint density at radius 3 is 2.38 bits per heavy atom. The third-order valence-corrected chi connectivity index (χ3v) is 1.87. The Kier molecular flexibility index (Phi) is 5.53. The molecule has 0 aliphatic heterocycles. The molecular formula is C8H15F2NO2. The van der Waals surface area contributed by atoms with Crippen molar-refractivity contribution < 1.29 is 18.7 Å². The molecule has 0 saturated carbocycles. The van der Waals surface area contributed by atoms with E-state index in [1.54, 1.807) is 13.8 Å². The molecule has 0 aromatic rings. The summed E-state index contributed by atoms with van der Waals surface area (Å²) in [5, 5.41) is 8.45. The molecule has 0 aromatic carbocycles. The fourth-order valence-electron chi connectivity index (χ4n) is 1.18. The summed E-state index contributed by atoms with van der Waals surface area (Å²) in [5.74, 6) is -0.958. The largest absolute Gasteiger partial charge is 0.481 e. The standard InChI is InChI=1S/C8H15F2NO2/c1-3-11(5-7(9)10)6(2)4-8(12)13/h6-7H,3-5H2,1-2H3,(H,12,13). The first-order valence-corrected chi connectivity index (χ1v) is 4.21. The van der Waals surface area contributed by atoms with E-state index in [1.165, 1.54) is 4.90 Å². The van der Waals surface area contributed by atoms with Crippen LogP contribution in [0, 0.1) is 0 Å². The van der Waals surface area contributed by atoms with Gasteiger partial charge in [0.25, 0.3) is 6.43 Å². The molecule has 0 fully saturated rings. The van der Waals surface area contributed by atoms with Crippen molar-refractivity contribution in [3.63, 3.8) is 0 Å². The van der Waals surface area contributed by atoms with E-state index in [9.17, 15) is 13.6 Å². The zero-order chi connectivity index (χ0) is 10.4. The number of alkyl halides is 2. The van der Waals surface area contributed by atoms with Crippen LogP contribution in [0.4, 0.5) is 8.78 Å². The lowest BCUT2D eigenvalue weighted by molar-refractivity contribution is -0.138. The van der Waals surface area contributed by atoms with Crippen molar-refractivity contribution in [2.24, 2.45) is 0 Å². The average Bonchev–Trinajstić information content (AvgIpc) is 1.98. The number of rotatable bonds is 6. The maximum absolute atomic E-state index is 12.0. The van der Waals surface area contributed by atoms with Gasteiger partial charge in [0.05, 0.1) is 13.0 Å². The Balaban J connectivity index is 3.98. The smallest absolute Gasteiger partial charge is 0.304 e. The molecule has 3 nitrogen and oxygen atoms in total. The van der Waals surface area contributed by atoms with Crippen molar-refractivity contribution in [2.75, 3.05) is 13.1 Å². The average molecular weight is 195 g/mol. The lowest BCUT2D eigenvalue weighted by Crippen LogP contribution is -2.37. The molecule has 0 aliphatic carbocycles. The van der Waals surface area contributed by atoms with Crippen LogP contribution in [-0.4, -0.2) is 41.5 Å². The molecule has 0 spiro atoms. The van der Waals surface area contributed by atoms with Crippen molar-refractivity contribution in [1.29, 1.82) is 0 Å². The second-order valence-electron chi connectivity index (χ2n) is 2.93. The monoisotopic (exact) mass is 195 g/mol. The van der Waals surface area contributed by atoms with Gasteiger partial charge in [0.15, 0.2) is 0 Å². The molecule has 0 aromatic heterocycles. The number of carboxylic acids is 1. The van der Waals surface area contributed by atoms with E-state index in [0.29, 0.717) is 6.54 Å². The van der Waals surface area contributed by atoms with Gasteiger partial charge in [0.2, 0.25) is 0 Å². The van der Waals surface area contributed by atoms with Crippen molar-refractivity contribution in [2.45, 2.75) is 32.7 Å². The molecule has 1 N–H and O–H groups in total. The highest BCUT2D eigenvalue weighted by molar-refractivity contribution is 5.67. The second kappa shape index (κ2) is 5.85. The summed E-state index contributed by atoms with van der Waals surface area (Å²) in [5.41, 5.74) is 0. The highest BCUT2D eigenvalue weighted by Gasteiger charge is 2.18. The van der Waals surface area contributed by atoms with E-state index in [2.05, 4.69) is 0 Å². The molecule has 0 bridgehead atoms. The summed E-state index contributed by atoms with van der Waals surface area (Å²) < 4.78 is 24.0. The minimum Gasteiger partial charge on any atom is -0.481 e. The molecule has 13 heavy (non-hydrogen) atoms. The van der Waals surface area contributed by atoms with E-state index in [1.807, 2.05) is 0 Å². The molecule has 0 heterocycles. The predicted molar refractivity (Wildman–Crippen MR) is 45.0 cm³/mol. The highest BCUT2D eigenvalue weighted by atomic mass is 19.3. The molecule has 0 aliphatic rings. The minimum atomic E-state index is -2.41. The van der Waals surface area contributed by atoms with Crippen LogP contribution in [0.2, 0.25) is 0 Å². The lowest BCUT2D eigenvalue weighted by atomic mass is 10.2. The predicted octanol–water partition coefficient (Wildman–Crippen LogP) is 1.44. The second-order valence-corrected chi connectivity index (χ2v) is 2.93. The molecule has 1 unspecified atom stereocenters. The molecular weight excluding hydrogens is 180 g/mol. The Hall–Kier alpha value is -0.710. The number of hydrogen-bond acceptors (Lipinski definition) is 2. The SMILES string of the molecule is CCN(CC(F)F)C(C)CC(=O)O. The van der Waals surface area contributed by atoms with Gasteiger partial charge in [-0.15, -0.1) is 0 Å². The van der Waals surface area contributed by atoms with Gasteiger partial charge in [0, 0.05) is 6.04 Å². The zero-order valence-electron chi connectivity index (χ0n) is 7.83. The van der Waals surface area contributed by atoms with Gasteiger partial charge < -0.3 is 5.11 Å². The van der Waals surface area contributed by atoms with E-state index in [4.69, 9.17) is 5.11 Å². The summed E-state index contributed by atoms with van der Waals surface area (Å²) in [4.78, 5) is 11.8. The number of halogens is 2. The van der Waals surface area contributed by atoms with Gasteiger partial charge in [-0.25, -0.2) is 8.78 Å². The molecule has 0 radical (unpaired) electrons. The van der Waals surface area contributed by atoms with E-state index < -0.39 is 12.4 Å². The summed E-state index contributed by atoms with van der Waals surface area (Å²) in [6.07, 6.45) is -2.50. The minimum absolute atomic E-state index is 0.0967. The summed E-state index contributed by atoms with van der Waals surface area (Å²) in [6, 6.07) is -0.337. The van der Waals surface area contributed by atoms with Gasteiger partial charge in [-0.2, -0.15) is 0 Å². The van der Waals surface area contributed by atoms with Gasteiger partial charge in [-0.05, 0) is 13.5 Å². The Bertz CT molecular complexity index is 164. The van der Waals surface area contributed by atoms with Gasteiger partial charge in [0.1, 0.15) is 0 Å². The first kappa shape index (κ1) is 12.3. The third kappa shape index (κ3) is 5.52. The van der Waals surface area contributed by atoms with E-state index in [-0.39, 0.29) is 19.0 Å². The van der Waals surface area contributed by atoms with Crippen molar-refractivity contribution in [3.8, 4) is 0 Å². The number of carbonyl (C=O) groups is 1. The summed E-state index contributed by atoms with van der Waals surface area (Å²) in [7, 11) is 0. The van der Waals surface area contributed by atoms with E-state index >= 15 is 0 Å². The van der Waals surface area contributed by atoms with Crippen LogP contribution in [-0.2, 0) is 4.79 Å².